The van der Waals surface area contributed by atoms with E-state index in [4.69, 9.17) is 26.6 Å². The van der Waals surface area contributed by atoms with Crippen molar-refractivity contribution in [2.45, 2.75) is 18.9 Å². The molecule has 0 aliphatic rings. The van der Waals surface area contributed by atoms with Crippen LogP contribution in [0.1, 0.15) is 12.8 Å². The average molecular weight is 368 g/mol. The van der Waals surface area contributed by atoms with Crippen LogP contribution in [0.3, 0.4) is 0 Å². The summed E-state index contributed by atoms with van der Waals surface area (Å²) in [6, 6.07) is 0. The molecule has 0 aromatic heterocycles. The molecule has 23 heavy (non-hydrogen) atoms. The van der Waals surface area contributed by atoms with Crippen molar-refractivity contribution in [3.63, 3.8) is 0 Å². The van der Waals surface area contributed by atoms with Gasteiger partial charge < -0.3 is 31.7 Å². The summed E-state index contributed by atoms with van der Waals surface area (Å²) in [5.41, 5.74) is 0. The van der Waals surface area contributed by atoms with Gasteiger partial charge in [-0.2, -0.15) is 0 Å². The summed E-state index contributed by atoms with van der Waals surface area (Å²) in [5.74, 6) is -0.469. The first-order valence-corrected chi connectivity index (χ1v) is 10.3. The van der Waals surface area contributed by atoms with Crippen LogP contribution in [-0.2, 0) is 31.4 Å². The van der Waals surface area contributed by atoms with E-state index in [0.717, 1.165) is 6.08 Å². The van der Waals surface area contributed by atoms with E-state index in [1.54, 1.807) is 0 Å². The number of aliphatic hydroxyl groups excluding tert-OH is 1. The first kappa shape index (κ1) is 22.6. The molecule has 0 saturated carbocycles. The fraction of sp³-hybridized carbons (Fsp3) is 0.692. The third-order valence-corrected chi connectivity index (χ3v) is 10.6. The Morgan fingerprint density at radius 1 is 0.957 bits per heavy atom. The molecule has 1 radical (unpaired) electrons. The lowest BCUT2D eigenvalue weighted by atomic mass is 10.1. The van der Waals surface area contributed by atoms with Crippen molar-refractivity contribution in [1.82, 2.24) is 0 Å². The highest BCUT2D eigenvalue weighted by molar-refractivity contribution is 6.89. The van der Waals surface area contributed by atoms with E-state index in [1.165, 1.54) is 42.7 Å². The largest absolute Gasteiger partial charge is 0.511 e. The molecule has 0 aromatic rings. The maximum atomic E-state index is 11.5. The van der Waals surface area contributed by atoms with Gasteiger partial charge in [-0.1, -0.05) is 6.58 Å². The zero-order valence-electron chi connectivity index (χ0n) is 14.6. The van der Waals surface area contributed by atoms with Crippen LogP contribution >= 0.6 is 0 Å². The van der Waals surface area contributed by atoms with E-state index < -0.39 is 29.5 Å². The van der Waals surface area contributed by atoms with Crippen LogP contribution in [-0.4, -0.2) is 77.3 Å². The Morgan fingerprint density at radius 2 is 1.30 bits per heavy atom. The lowest BCUT2D eigenvalue weighted by Gasteiger charge is -2.39. The minimum Gasteiger partial charge on any atom is -0.385 e. The van der Waals surface area contributed by atoms with Gasteiger partial charge in [0.2, 0.25) is 0 Å². The predicted octanol–water partition coefficient (Wildman–Crippen LogP) is 0.292. The van der Waals surface area contributed by atoms with E-state index in [1.807, 2.05) is 0 Å². The van der Waals surface area contributed by atoms with Crippen molar-refractivity contribution >= 4 is 23.4 Å². The molecule has 8 nitrogen and oxygen atoms in total. The lowest BCUT2D eigenvalue weighted by Crippen LogP contribution is -2.64. The van der Waals surface area contributed by atoms with Gasteiger partial charge in [-0.15, -0.1) is 0 Å². The minimum absolute atomic E-state index is 0.107. The van der Waals surface area contributed by atoms with Gasteiger partial charge in [-0.05, 0) is 18.9 Å². The van der Waals surface area contributed by atoms with E-state index in [9.17, 15) is 9.90 Å². The third kappa shape index (κ3) is 5.02. The molecule has 1 N–H and O–H groups in total. The molecule has 1 atom stereocenters. The van der Waals surface area contributed by atoms with Crippen LogP contribution in [0.5, 0.6) is 0 Å². The van der Waals surface area contributed by atoms with Gasteiger partial charge in [-0.3, -0.25) is 4.79 Å². The Balaban J connectivity index is 5.62. The van der Waals surface area contributed by atoms with Crippen LogP contribution in [0.2, 0.25) is 0 Å². The van der Waals surface area contributed by atoms with Crippen LogP contribution in [0, 0.1) is 5.16 Å². The van der Waals surface area contributed by atoms with Crippen LogP contribution in [0.4, 0.5) is 0 Å². The molecule has 0 aromatic carbocycles. The molecular formula is C13H27O8Si2. The van der Waals surface area contributed by atoms with E-state index in [2.05, 4.69) is 6.58 Å². The number of hydrogen-bond acceptors (Lipinski definition) is 8. The van der Waals surface area contributed by atoms with Crippen molar-refractivity contribution < 1.29 is 36.5 Å². The second kappa shape index (κ2) is 10.4. The predicted molar refractivity (Wildman–Crippen MR) is 87.2 cm³/mol. The number of carbonyl (C=O) groups excluding carboxylic acids is 1. The van der Waals surface area contributed by atoms with Crippen LogP contribution in [0.15, 0.2) is 12.7 Å². The zero-order chi connectivity index (χ0) is 18.1. The Labute approximate surface area is 140 Å². The van der Waals surface area contributed by atoms with Crippen molar-refractivity contribution in [1.29, 1.82) is 0 Å². The molecule has 0 heterocycles. The van der Waals surface area contributed by atoms with E-state index in [-0.39, 0.29) is 12.8 Å². The number of rotatable bonds is 13. The Hall–Kier alpha value is -0.436. The Kier molecular flexibility index (Phi) is 10.2. The van der Waals surface area contributed by atoms with Crippen molar-refractivity contribution in [3.8, 4) is 0 Å². The van der Waals surface area contributed by atoms with Crippen molar-refractivity contribution in [3.05, 3.63) is 17.8 Å². The Bertz CT molecular complexity index is 334. The fourth-order valence-electron chi connectivity index (χ4n) is 2.29. The summed E-state index contributed by atoms with van der Waals surface area (Å²) in [4.78, 5) is 11.5. The smallest absolute Gasteiger partial charge is 0.385 e. The van der Waals surface area contributed by atoms with Crippen LogP contribution < -0.4 is 0 Å². The molecule has 0 amide bonds. The topological polar surface area (TPSA) is 92.7 Å². The summed E-state index contributed by atoms with van der Waals surface area (Å²) < 4.78 is 33.0. The van der Waals surface area contributed by atoms with Crippen molar-refractivity contribution in [2.24, 2.45) is 0 Å². The summed E-state index contributed by atoms with van der Waals surface area (Å²) in [5, 5.41) is 10.4. The highest BCUT2D eigenvalue weighted by Gasteiger charge is 2.64. The normalized spacial score (nSPS) is 14.1. The van der Waals surface area contributed by atoms with Gasteiger partial charge in [0.05, 0.1) is 0 Å². The lowest BCUT2D eigenvalue weighted by molar-refractivity contribution is -0.122. The molecule has 0 aliphatic heterocycles. The molecule has 0 rings (SSSR count). The highest BCUT2D eigenvalue weighted by atomic mass is 28.5. The summed E-state index contributed by atoms with van der Waals surface area (Å²) in [7, 11) is 2.09. The molecule has 10 heteroatoms. The molecule has 0 saturated heterocycles. The van der Waals surface area contributed by atoms with Crippen molar-refractivity contribution in [2.75, 3.05) is 42.7 Å². The number of aliphatic hydroxyl groups is 1. The molecular weight excluding hydrogens is 340 g/mol. The second-order valence-corrected chi connectivity index (χ2v) is 10.9. The Morgan fingerprint density at radius 3 is 1.57 bits per heavy atom. The molecule has 1 unspecified atom stereocenters. The average Bonchev–Trinajstić information content (AvgIpc) is 2.61. The number of ketones is 1. The number of carbonyl (C=O) groups is 1. The maximum absolute atomic E-state index is 11.5. The second-order valence-electron chi connectivity index (χ2n) is 4.48. The van der Waals surface area contributed by atoms with Gasteiger partial charge in [0, 0.05) is 42.7 Å². The summed E-state index contributed by atoms with van der Waals surface area (Å²) >= 11 is 0. The third-order valence-electron chi connectivity index (χ3n) is 3.55. The van der Waals surface area contributed by atoms with Gasteiger partial charge in [0.15, 0.2) is 5.78 Å². The maximum Gasteiger partial charge on any atom is 0.511 e. The fourth-order valence-corrected chi connectivity index (χ4v) is 9.01. The molecule has 135 valence electrons. The zero-order valence-corrected chi connectivity index (χ0v) is 16.6. The minimum atomic E-state index is -3.30. The molecule has 0 spiro atoms. The van der Waals surface area contributed by atoms with Gasteiger partial charge in [0.1, 0.15) is 11.3 Å². The first-order valence-electron chi connectivity index (χ1n) is 6.88. The standard InChI is InChI=1S/C13H27O8Si2/c1-8-11(14)12(15)9-10-13(22(16-2,17-3)18-4)23(19-5,20-6)21-7/h8,12,15H,1,9-10H2,2-7H3. The SMILES string of the molecule is C=CC(=O)C(O)CC[C]([Si](OC)(OC)OC)[Si](OC)(OC)OC. The van der Waals surface area contributed by atoms with E-state index >= 15 is 0 Å². The van der Waals surface area contributed by atoms with Gasteiger partial charge in [0.25, 0.3) is 0 Å². The van der Waals surface area contributed by atoms with Crippen LogP contribution in [0.25, 0.3) is 0 Å². The monoisotopic (exact) mass is 367 g/mol. The molecule has 0 aliphatic carbocycles. The quantitative estimate of drug-likeness (QED) is 0.367. The molecule has 0 bridgehead atoms. The van der Waals surface area contributed by atoms with Gasteiger partial charge >= 0.3 is 17.6 Å². The molecule has 0 fully saturated rings. The highest BCUT2D eigenvalue weighted by Crippen LogP contribution is 2.35. The number of hydrogen-bond donors (Lipinski definition) is 1. The van der Waals surface area contributed by atoms with Gasteiger partial charge in [-0.25, -0.2) is 0 Å². The summed E-state index contributed by atoms with van der Waals surface area (Å²) in [6.07, 6.45) is 0.197. The summed E-state index contributed by atoms with van der Waals surface area (Å²) in [6.45, 7) is 3.36. The first-order chi connectivity index (χ1) is 10.9. The van der Waals surface area contributed by atoms with E-state index in [0.29, 0.717) is 5.16 Å².